The van der Waals surface area contributed by atoms with Gasteiger partial charge in [-0.05, 0) is 34.1 Å². The average molecular weight is 323 g/mol. The molecule has 0 atom stereocenters. The molecule has 0 spiro atoms. The van der Waals surface area contributed by atoms with Crippen LogP contribution >= 0.6 is 15.9 Å². The van der Waals surface area contributed by atoms with Crippen LogP contribution < -0.4 is 10.1 Å². The standard InChI is InChI=1S/C14H15BrN2O2/c1-17-10-11(15)9-13(17)14(18)16-7-8-19-12-5-3-2-4-6-12/h2-6,9-10H,7-8H2,1H3,(H,16,18). The third-order valence-corrected chi connectivity index (χ3v) is 3.04. The number of carbonyl (C=O) groups is 1. The number of para-hydroxylation sites is 1. The SMILES string of the molecule is Cn1cc(Br)cc1C(=O)NCCOc1ccccc1. The molecule has 0 aliphatic carbocycles. The minimum Gasteiger partial charge on any atom is -0.492 e. The van der Waals surface area contributed by atoms with Crippen molar-refractivity contribution in [3.8, 4) is 5.75 Å². The molecule has 19 heavy (non-hydrogen) atoms. The van der Waals surface area contributed by atoms with Gasteiger partial charge in [0.25, 0.3) is 5.91 Å². The zero-order valence-corrected chi connectivity index (χ0v) is 12.2. The minimum atomic E-state index is -0.107. The van der Waals surface area contributed by atoms with Crippen molar-refractivity contribution >= 4 is 21.8 Å². The molecule has 2 aromatic rings. The summed E-state index contributed by atoms with van der Waals surface area (Å²) in [5.41, 5.74) is 0.617. The number of hydrogen-bond donors (Lipinski definition) is 1. The van der Waals surface area contributed by atoms with Crippen LogP contribution in [0, 0.1) is 0 Å². The molecule has 5 heteroatoms. The molecule has 100 valence electrons. The Bertz CT molecular complexity index is 552. The van der Waals surface area contributed by atoms with Crippen LogP contribution in [-0.2, 0) is 7.05 Å². The lowest BCUT2D eigenvalue weighted by Crippen LogP contribution is -2.29. The van der Waals surface area contributed by atoms with Crippen LogP contribution in [0.1, 0.15) is 10.5 Å². The first-order valence-electron chi connectivity index (χ1n) is 5.95. The van der Waals surface area contributed by atoms with Gasteiger partial charge in [0.15, 0.2) is 0 Å². The van der Waals surface area contributed by atoms with Gasteiger partial charge in [0.05, 0.1) is 6.54 Å². The summed E-state index contributed by atoms with van der Waals surface area (Å²) in [6.07, 6.45) is 1.84. The molecule has 1 amide bonds. The van der Waals surface area contributed by atoms with Crippen molar-refractivity contribution < 1.29 is 9.53 Å². The summed E-state index contributed by atoms with van der Waals surface area (Å²) in [7, 11) is 1.83. The van der Waals surface area contributed by atoms with E-state index in [0.717, 1.165) is 10.2 Å². The number of aryl methyl sites for hydroxylation is 1. The summed E-state index contributed by atoms with van der Waals surface area (Å²) in [6, 6.07) is 11.3. The lowest BCUT2D eigenvalue weighted by Gasteiger charge is -2.08. The first-order chi connectivity index (χ1) is 9.16. The van der Waals surface area contributed by atoms with E-state index in [1.165, 1.54) is 0 Å². The largest absolute Gasteiger partial charge is 0.492 e. The van der Waals surface area contributed by atoms with Crippen molar-refractivity contribution in [1.29, 1.82) is 0 Å². The number of benzene rings is 1. The van der Waals surface area contributed by atoms with Crippen molar-refractivity contribution in [2.45, 2.75) is 0 Å². The smallest absolute Gasteiger partial charge is 0.268 e. The van der Waals surface area contributed by atoms with Crippen molar-refractivity contribution in [2.75, 3.05) is 13.2 Å². The molecule has 1 N–H and O–H groups in total. The lowest BCUT2D eigenvalue weighted by molar-refractivity contribution is 0.0939. The summed E-state index contributed by atoms with van der Waals surface area (Å²) in [4.78, 5) is 11.9. The third-order valence-electron chi connectivity index (χ3n) is 2.60. The molecule has 4 nitrogen and oxygen atoms in total. The van der Waals surface area contributed by atoms with Gasteiger partial charge in [0.1, 0.15) is 18.1 Å². The summed E-state index contributed by atoms with van der Waals surface area (Å²) in [5, 5.41) is 2.82. The van der Waals surface area contributed by atoms with Crippen LogP contribution in [0.15, 0.2) is 47.1 Å². The molecule has 0 saturated carbocycles. The summed E-state index contributed by atoms with van der Waals surface area (Å²) in [5.74, 6) is 0.697. The van der Waals surface area contributed by atoms with E-state index < -0.39 is 0 Å². The number of amides is 1. The first kappa shape index (κ1) is 13.7. The van der Waals surface area contributed by atoms with Crippen LogP contribution in [0.4, 0.5) is 0 Å². The van der Waals surface area contributed by atoms with Crippen molar-refractivity contribution in [3.05, 3.63) is 52.8 Å². The van der Waals surface area contributed by atoms with Crippen LogP contribution in [0.5, 0.6) is 5.75 Å². The van der Waals surface area contributed by atoms with Gasteiger partial charge < -0.3 is 14.6 Å². The Hall–Kier alpha value is -1.75. The van der Waals surface area contributed by atoms with Crippen LogP contribution in [-0.4, -0.2) is 23.6 Å². The fourth-order valence-electron chi connectivity index (χ4n) is 1.69. The van der Waals surface area contributed by atoms with E-state index in [4.69, 9.17) is 4.74 Å². The van der Waals surface area contributed by atoms with Gasteiger partial charge in [0, 0.05) is 17.7 Å². The van der Waals surface area contributed by atoms with Crippen LogP contribution in [0.3, 0.4) is 0 Å². The number of rotatable bonds is 5. The second kappa shape index (κ2) is 6.43. The Morgan fingerprint density at radius 2 is 2.11 bits per heavy atom. The molecular weight excluding hydrogens is 308 g/mol. The zero-order chi connectivity index (χ0) is 13.7. The molecule has 0 aliphatic rings. The van der Waals surface area contributed by atoms with Crippen LogP contribution in [0.25, 0.3) is 0 Å². The minimum absolute atomic E-state index is 0.107. The van der Waals surface area contributed by atoms with Crippen molar-refractivity contribution in [2.24, 2.45) is 7.05 Å². The quantitative estimate of drug-likeness (QED) is 0.860. The number of nitrogens with one attached hydrogen (secondary N) is 1. The molecule has 0 aliphatic heterocycles. The van der Waals surface area contributed by atoms with Gasteiger partial charge in [-0.3, -0.25) is 4.79 Å². The summed E-state index contributed by atoms with van der Waals surface area (Å²) >= 11 is 3.34. The van der Waals surface area contributed by atoms with Gasteiger partial charge in [-0.1, -0.05) is 18.2 Å². The Balaban J connectivity index is 1.77. The maximum absolute atomic E-state index is 11.9. The number of halogens is 1. The maximum Gasteiger partial charge on any atom is 0.268 e. The van der Waals surface area contributed by atoms with E-state index in [9.17, 15) is 4.79 Å². The van der Waals surface area contributed by atoms with E-state index in [1.54, 1.807) is 10.6 Å². The molecule has 0 saturated heterocycles. The molecule has 1 aromatic carbocycles. The highest BCUT2D eigenvalue weighted by molar-refractivity contribution is 9.10. The zero-order valence-electron chi connectivity index (χ0n) is 10.6. The number of carbonyl (C=O) groups excluding carboxylic acids is 1. The molecule has 0 bridgehead atoms. The number of hydrogen-bond acceptors (Lipinski definition) is 2. The van der Waals surface area contributed by atoms with E-state index in [2.05, 4.69) is 21.2 Å². The number of nitrogens with zero attached hydrogens (tertiary/aromatic N) is 1. The second-order valence-corrected chi connectivity index (χ2v) is 4.99. The van der Waals surface area contributed by atoms with Gasteiger partial charge in [-0.25, -0.2) is 0 Å². The second-order valence-electron chi connectivity index (χ2n) is 4.07. The lowest BCUT2D eigenvalue weighted by atomic mass is 10.3. The molecule has 0 radical (unpaired) electrons. The Kier molecular flexibility index (Phi) is 4.63. The normalized spacial score (nSPS) is 10.2. The fourth-order valence-corrected chi connectivity index (χ4v) is 2.21. The fraction of sp³-hybridized carbons (Fsp3) is 0.214. The Labute approximate surface area is 120 Å². The van der Waals surface area contributed by atoms with E-state index in [0.29, 0.717) is 18.8 Å². The van der Waals surface area contributed by atoms with Gasteiger partial charge >= 0.3 is 0 Å². The third kappa shape index (κ3) is 3.86. The van der Waals surface area contributed by atoms with Gasteiger partial charge in [-0.2, -0.15) is 0 Å². The maximum atomic E-state index is 11.9. The summed E-state index contributed by atoms with van der Waals surface area (Å²) in [6.45, 7) is 0.915. The average Bonchev–Trinajstić information content (AvgIpc) is 2.75. The van der Waals surface area contributed by atoms with E-state index in [1.807, 2.05) is 43.6 Å². The molecule has 1 aromatic heterocycles. The highest BCUT2D eigenvalue weighted by atomic mass is 79.9. The predicted molar refractivity (Wildman–Crippen MR) is 77.4 cm³/mol. The van der Waals surface area contributed by atoms with Crippen LogP contribution in [0.2, 0.25) is 0 Å². The highest BCUT2D eigenvalue weighted by Gasteiger charge is 2.09. The number of aromatic nitrogens is 1. The van der Waals surface area contributed by atoms with Gasteiger partial charge in [-0.15, -0.1) is 0 Å². The molecule has 0 unspecified atom stereocenters. The Morgan fingerprint density at radius 1 is 1.37 bits per heavy atom. The van der Waals surface area contributed by atoms with E-state index in [-0.39, 0.29) is 5.91 Å². The molecule has 1 heterocycles. The Morgan fingerprint density at radius 3 is 2.74 bits per heavy atom. The van der Waals surface area contributed by atoms with Gasteiger partial charge in [0.2, 0.25) is 0 Å². The van der Waals surface area contributed by atoms with Crippen molar-refractivity contribution in [3.63, 3.8) is 0 Å². The molecular formula is C14H15BrN2O2. The first-order valence-corrected chi connectivity index (χ1v) is 6.74. The molecule has 0 fully saturated rings. The van der Waals surface area contributed by atoms with Crippen molar-refractivity contribution in [1.82, 2.24) is 9.88 Å². The topological polar surface area (TPSA) is 43.3 Å². The highest BCUT2D eigenvalue weighted by Crippen LogP contribution is 2.13. The summed E-state index contributed by atoms with van der Waals surface area (Å²) < 4.78 is 8.16. The molecule has 2 rings (SSSR count). The van der Waals surface area contributed by atoms with E-state index >= 15 is 0 Å². The predicted octanol–water partition coefficient (Wildman–Crippen LogP) is 2.60. The number of ether oxygens (including phenoxy) is 1. The monoisotopic (exact) mass is 322 g/mol.